The second-order valence-electron chi connectivity index (χ2n) is 5.38. The molecule has 0 aliphatic carbocycles. The van der Waals surface area contributed by atoms with E-state index in [1.165, 1.54) is 11.3 Å². The summed E-state index contributed by atoms with van der Waals surface area (Å²) in [4.78, 5) is 4.60. The van der Waals surface area contributed by atoms with Crippen molar-refractivity contribution in [3.63, 3.8) is 0 Å². The van der Waals surface area contributed by atoms with Crippen LogP contribution in [0.5, 0.6) is 0 Å². The Kier molecular flexibility index (Phi) is 3.80. The van der Waals surface area contributed by atoms with Crippen LogP contribution in [0.3, 0.4) is 0 Å². The van der Waals surface area contributed by atoms with Gasteiger partial charge in [-0.25, -0.2) is 0 Å². The van der Waals surface area contributed by atoms with Crippen molar-refractivity contribution in [2.24, 2.45) is 0 Å². The SMILES string of the molecule is CN(C)c1cc2cnncc2cc1CN1CCOCC1. The Hall–Kier alpha value is -1.72. The average molecular weight is 272 g/mol. The van der Waals surface area contributed by atoms with Crippen molar-refractivity contribution >= 4 is 16.5 Å². The predicted molar refractivity (Wildman–Crippen MR) is 80.0 cm³/mol. The summed E-state index contributed by atoms with van der Waals surface area (Å²) < 4.78 is 5.41. The first kappa shape index (κ1) is 13.3. The lowest BCUT2D eigenvalue weighted by molar-refractivity contribution is 0.0342. The molecule has 1 aromatic carbocycles. The third-order valence-corrected chi connectivity index (χ3v) is 3.72. The highest BCUT2D eigenvalue weighted by Gasteiger charge is 2.14. The van der Waals surface area contributed by atoms with Gasteiger partial charge in [0.1, 0.15) is 0 Å². The molecule has 0 amide bonds. The van der Waals surface area contributed by atoms with Gasteiger partial charge in [-0.1, -0.05) is 0 Å². The zero-order valence-corrected chi connectivity index (χ0v) is 12.0. The maximum atomic E-state index is 5.41. The first-order chi connectivity index (χ1) is 9.74. The molecule has 0 bridgehead atoms. The van der Waals surface area contributed by atoms with Gasteiger partial charge in [0.15, 0.2) is 0 Å². The topological polar surface area (TPSA) is 41.5 Å². The summed E-state index contributed by atoms with van der Waals surface area (Å²) in [6.45, 7) is 4.61. The monoisotopic (exact) mass is 272 g/mol. The maximum absolute atomic E-state index is 5.41. The molecule has 5 heteroatoms. The predicted octanol–water partition coefficient (Wildman–Crippen LogP) is 1.53. The molecule has 1 aliphatic heterocycles. The molecule has 1 fully saturated rings. The van der Waals surface area contributed by atoms with Gasteiger partial charge in [0, 0.05) is 50.2 Å². The van der Waals surface area contributed by atoms with Gasteiger partial charge in [0.05, 0.1) is 25.6 Å². The van der Waals surface area contributed by atoms with E-state index in [0.717, 1.165) is 43.6 Å². The molecule has 0 atom stereocenters. The van der Waals surface area contributed by atoms with E-state index in [2.05, 4.69) is 46.2 Å². The normalized spacial score (nSPS) is 16.5. The first-order valence-corrected chi connectivity index (χ1v) is 6.95. The third-order valence-electron chi connectivity index (χ3n) is 3.72. The highest BCUT2D eigenvalue weighted by atomic mass is 16.5. The highest BCUT2D eigenvalue weighted by molar-refractivity contribution is 5.86. The van der Waals surface area contributed by atoms with E-state index in [0.29, 0.717) is 0 Å². The number of morpholine rings is 1. The second kappa shape index (κ2) is 5.73. The van der Waals surface area contributed by atoms with Gasteiger partial charge in [-0.15, -0.1) is 0 Å². The van der Waals surface area contributed by atoms with E-state index >= 15 is 0 Å². The summed E-state index contributed by atoms with van der Waals surface area (Å²) in [5.74, 6) is 0. The van der Waals surface area contributed by atoms with Gasteiger partial charge in [-0.3, -0.25) is 4.90 Å². The number of benzene rings is 1. The van der Waals surface area contributed by atoms with Gasteiger partial charge < -0.3 is 9.64 Å². The second-order valence-corrected chi connectivity index (χ2v) is 5.38. The first-order valence-electron chi connectivity index (χ1n) is 6.95. The van der Waals surface area contributed by atoms with Crippen molar-refractivity contribution in [1.29, 1.82) is 0 Å². The van der Waals surface area contributed by atoms with E-state index in [9.17, 15) is 0 Å². The van der Waals surface area contributed by atoms with Crippen LogP contribution < -0.4 is 4.90 Å². The lowest BCUT2D eigenvalue weighted by atomic mass is 10.1. The molecule has 5 nitrogen and oxygen atoms in total. The molecule has 2 heterocycles. The van der Waals surface area contributed by atoms with Gasteiger partial charge in [-0.2, -0.15) is 10.2 Å². The summed E-state index contributed by atoms with van der Waals surface area (Å²) in [5, 5.41) is 10.2. The van der Waals surface area contributed by atoms with Crippen LogP contribution >= 0.6 is 0 Å². The van der Waals surface area contributed by atoms with Crippen LogP contribution in [-0.4, -0.2) is 55.5 Å². The highest BCUT2D eigenvalue weighted by Crippen LogP contribution is 2.26. The summed E-state index contributed by atoms with van der Waals surface area (Å²) >= 11 is 0. The minimum atomic E-state index is 0.830. The molecular weight excluding hydrogens is 252 g/mol. The molecule has 2 aromatic rings. The van der Waals surface area contributed by atoms with Gasteiger partial charge in [0.25, 0.3) is 0 Å². The molecule has 0 saturated carbocycles. The quantitative estimate of drug-likeness (QED) is 0.847. The number of fused-ring (bicyclic) bond motifs is 1. The number of hydrogen-bond donors (Lipinski definition) is 0. The maximum Gasteiger partial charge on any atom is 0.0594 e. The Morgan fingerprint density at radius 1 is 1.10 bits per heavy atom. The molecule has 1 saturated heterocycles. The van der Waals surface area contributed by atoms with E-state index < -0.39 is 0 Å². The van der Waals surface area contributed by atoms with Crippen molar-refractivity contribution in [1.82, 2.24) is 15.1 Å². The Balaban J connectivity index is 1.96. The summed E-state index contributed by atoms with van der Waals surface area (Å²) in [7, 11) is 4.16. The van der Waals surface area contributed by atoms with Gasteiger partial charge >= 0.3 is 0 Å². The smallest absolute Gasteiger partial charge is 0.0594 e. The molecule has 0 radical (unpaired) electrons. The van der Waals surface area contributed by atoms with Crippen LogP contribution in [0.4, 0.5) is 5.69 Å². The number of ether oxygens (including phenoxy) is 1. The van der Waals surface area contributed by atoms with Gasteiger partial charge in [-0.05, 0) is 17.7 Å². The van der Waals surface area contributed by atoms with Crippen LogP contribution in [0.2, 0.25) is 0 Å². The van der Waals surface area contributed by atoms with E-state index in [-0.39, 0.29) is 0 Å². The van der Waals surface area contributed by atoms with E-state index in [1.807, 2.05) is 12.4 Å². The van der Waals surface area contributed by atoms with Crippen LogP contribution in [0.1, 0.15) is 5.56 Å². The van der Waals surface area contributed by atoms with Crippen molar-refractivity contribution < 1.29 is 4.74 Å². The molecular formula is C15H20N4O. The fraction of sp³-hybridized carbons (Fsp3) is 0.467. The van der Waals surface area contributed by atoms with Crippen molar-refractivity contribution in [2.75, 3.05) is 45.3 Å². The summed E-state index contributed by atoms with van der Waals surface area (Å²) in [5.41, 5.74) is 2.58. The molecule has 106 valence electrons. The number of rotatable bonds is 3. The molecule has 0 unspecified atom stereocenters. The Morgan fingerprint density at radius 2 is 1.75 bits per heavy atom. The minimum absolute atomic E-state index is 0.830. The average Bonchev–Trinajstić information content (AvgIpc) is 2.47. The fourth-order valence-corrected chi connectivity index (χ4v) is 2.63. The zero-order valence-electron chi connectivity index (χ0n) is 12.0. The Labute approximate surface area is 119 Å². The summed E-state index contributed by atoms with van der Waals surface area (Å²) in [6, 6.07) is 4.43. The van der Waals surface area contributed by atoms with Crippen LogP contribution in [0.25, 0.3) is 10.8 Å². The summed E-state index contributed by atoms with van der Waals surface area (Å²) in [6.07, 6.45) is 3.65. The van der Waals surface area contributed by atoms with Crippen LogP contribution in [-0.2, 0) is 11.3 Å². The lowest BCUT2D eigenvalue weighted by Gasteiger charge is -2.28. The Morgan fingerprint density at radius 3 is 2.40 bits per heavy atom. The largest absolute Gasteiger partial charge is 0.379 e. The van der Waals surface area contributed by atoms with Crippen LogP contribution in [0, 0.1) is 0 Å². The van der Waals surface area contributed by atoms with Gasteiger partial charge in [0.2, 0.25) is 0 Å². The van der Waals surface area contributed by atoms with Crippen molar-refractivity contribution in [3.05, 3.63) is 30.1 Å². The zero-order chi connectivity index (χ0) is 13.9. The Bertz CT molecular complexity index is 593. The van der Waals surface area contributed by atoms with Crippen LogP contribution in [0.15, 0.2) is 24.5 Å². The molecule has 3 rings (SSSR count). The number of anilines is 1. The molecule has 0 N–H and O–H groups in total. The molecule has 1 aliphatic rings. The van der Waals surface area contributed by atoms with E-state index in [1.54, 1.807) is 0 Å². The van der Waals surface area contributed by atoms with Crippen molar-refractivity contribution in [2.45, 2.75) is 6.54 Å². The van der Waals surface area contributed by atoms with E-state index in [4.69, 9.17) is 4.74 Å². The number of nitrogens with zero attached hydrogens (tertiary/aromatic N) is 4. The lowest BCUT2D eigenvalue weighted by Crippen LogP contribution is -2.36. The molecule has 20 heavy (non-hydrogen) atoms. The number of hydrogen-bond acceptors (Lipinski definition) is 5. The third kappa shape index (κ3) is 2.73. The molecule has 1 aromatic heterocycles. The fourth-order valence-electron chi connectivity index (χ4n) is 2.63. The standard InChI is InChI=1S/C15H20N4O/c1-18(2)15-8-13-10-17-16-9-12(13)7-14(15)11-19-3-5-20-6-4-19/h7-10H,3-6,11H2,1-2H3. The van der Waals surface area contributed by atoms with Crippen molar-refractivity contribution in [3.8, 4) is 0 Å². The molecule has 0 spiro atoms. The minimum Gasteiger partial charge on any atom is -0.379 e. The number of aromatic nitrogens is 2.